The quantitative estimate of drug-likeness (QED) is 0.639. The van der Waals surface area contributed by atoms with E-state index in [4.69, 9.17) is 9.47 Å². The molecule has 1 amide bonds. The molecule has 0 radical (unpaired) electrons. The second kappa shape index (κ2) is 10.2. The topological polar surface area (TPSA) is 84.9 Å². The predicted molar refractivity (Wildman–Crippen MR) is 114 cm³/mol. The number of nitrogens with one attached hydrogen (secondary N) is 1. The standard InChI is InChI=1S/C21H28N2O5S/c1-5-20(21(24)22-15-16-9-7-12-19(13-16)28-6-2)23(29(4,25)26)17-10-8-11-18(14-17)27-3/h7-14,20H,5-6,15H2,1-4H3,(H,22,24). The molecule has 1 atom stereocenters. The van der Waals surface area contributed by atoms with Gasteiger partial charge in [0.2, 0.25) is 15.9 Å². The van der Waals surface area contributed by atoms with Crippen LogP contribution in [-0.2, 0) is 21.4 Å². The molecule has 0 saturated carbocycles. The molecular weight excluding hydrogens is 392 g/mol. The molecule has 1 N–H and O–H groups in total. The molecule has 2 aromatic carbocycles. The van der Waals surface area contributed by atoms with Crippen LogP contribution in [0.1, 0.15) is 25.8 Å². The first-order chi connectivity index (χ1) is 13.8. The van der Waals surface area contributed by atoms with E-state index < -0.39 is 16.1 Å². The fourth-order valence-corrected chi connectivity index (χ4v) is 4.23. The number of amides is 1. The highest BCUT2D eigenvalue weighted by Gasteiger charge is 2.31. The minimum absolute atomic E-state index is 0.270. The fraction of sp³-hybridized carbons (Fsp3) is 0.381. The molecule has 0 aromatic heterocycles. The zero-order valence-electron chi connectivity index (χ0n) is 17.2. The Morgan fingerprint density at radius 1 is 1.10 bits per heavy atom. The summed E-state index contributed by atoms with van der Waals surface area (Å²) in [6.45, 7) is 4.50. The van der Waals surface area contributed by atoms with E-state index in [1.807, 2.05) is 31.2 Å². The van der Waals surface area contributed by atoms with Gasteiger partial charge in [-0.25, -0.2) is 8.42 Å². The number of anilines is 1. The van der Waals surface area contributed by atoms with Gasteiger partial charge in [-0.3, -0.25) is 9.10 Å². The van der Waals surface area contributed by atoms with Gasteiger partial charge in [-0.1, -0.05) is 25.1 Å². The van der Waals surface area contributed by atoms with Crippen molar-refractivity contribution in [1.82, 2.24) is 5.32 Å². The number of hydrogen-bond acceptors (Lipinski definition) is 5. The molecule has 2 aromatic rings. The molecule has 0 aliphatic heterocycles. The summed E-state index contributed by atoms with van der Waals surface area (Å²) in [6, 6.07) is 13.2. The highest BCUT2D eigenvalue weighted by atomic mass is 32.2. The normalized spacial score (nSPS) is 12.1. The van der Waals surface area contributed by atoms with Crippen LogP contribution in [0.4, 0.5) is 5.69 Å². The van der Waals surface area contributed by atoms with Gasteiger partial charge in [0.15, 0.2) is 0 Å². The SMILES string of the molecule is CCOc1cccc(CNC(=O)C(CC)N(c2cccc(OC)c2)S(C)(=O)=O)c1. The van der Waals surface area contributed by atoms with Gasteiger partial charge < -0.3 is 14.8 Å². The van der Waals surface area contributed by atoms with Gasteiger partial charge in [0.1, 0.15) is 17.5 Å². The molecular formula is C21H28N2O5S. The molecule has 0 spiro atoms. The van der Waals surface area contributed by atoms with Crippen molar-refractivity contribution in [2.45, 2.75) is 32.9 Å². The van der Waals surface area contributed by atoms with E-state index in [0.717, 1.165) is 21.9 Å². The average Bonchev–Trinajstić information content (AvgIpc) is 2.69. The van der Waals surface area contributed by atoms with Crippen molar-refractivity contribution in [2.24, 2.45) is 0 Å². The van der Waals surface area contributed by atoms with E-state index >= 15 is 0 Å². The van der Waals surface area contributed by atoms with Crippen LogP contribution in [0.25, 0.3) is 0 Å². The first kappa shape index (κ1) is 22.5. The van der Waals surface area contributed by atoms with Crippen LogP contribution in [0.2, 0.25) is 0 Å². The maximum absolute atomic E-state index is 12.9. The van der Waals surface area contributed by atoms with Crippen LogP contribution in [0, 0.1) is 0 Å². The van der Waals surface area contributed by atoms with Gasteiger partial charge in [0, 0.05) is 12.6 Å². The van der Waals surface area contributed by atoms with Crippen LogP contribution in [0.15, 0.2) is 48.5 Å². The molecule has 1 unspecified atom stereocenters. The Balaban J connectivity index is 2.23. The number of hydrogen-bond donors (Lipinski definition) is 1. The number of rotatable bonds is 10. The third-order valence-electron chi connectivity index (χ3n) is 4.31. The lowest BCUT2D eigenvalue weighted by Crippen LogP contribution is -2.49. The molecule has 8 heteroatoms. The Bertz CT molecular complexity index is 930. The Hall–Kier alpha value is -2.74. The molecule has 2 rings (SSSR count). The van der Waals surface area contributed by atoms with Crippen molar-refractivity contribution in [2.75, 3.05) is 24.3 Å². The van der Waals surface area contributed by atoms with Crippen molar-refractivity contribution < 1.29 is 22.7 Å². The van der Waals surface area contributed by atoms with Gasteiger partial charge >= 0.3 is 0 Å². The number of nitrogens with zero attached hydrogens (tertiary/aromatic N) is 1. The Labute approximate surface area is 172 Å². The van der Waals surface area contributed by atoms with E-state index in [1.165, 1.54) is 7.11 Å². The highest BCUT2D eigenvalue weighted by Crippen LogP contribution is 2.26. The molecule has 7 nitrogen and oxygen atoms in total. The number of carbonyl (C=O) groups excluding carboxylic acids is 1. The van der Waals surface area contributed by atoms with Crippen LogP contribution in [0.5, 0.6) is 11.5 Å². The van der Waals surface area contributed by atoms with Crippen molar-refractivity contribution >= 4 is 21.6 Å². The average molecular weight is 421 g/mol. The van der Waals surface area contributed by atoms with E-state index in [9.17, 15) is 13.2 Å². The Morgan fingerprint density at radius 2 is 1.79 bits per heavy atom. The molecule has 0 fully saturated rings. The summed E-state index contributed by atoms with van der Waals surface area (Å²) in [6.07, 6.45) is 1.41. The number of methoxy groups -OCH3 is 1. The molecule has 0 aliphatic rings. The number of benzene rings is 2. The highest BCUT2D eigenvalue weighted by molar-refractivity contribution is 7.92. The molecule has 0 heterocycles. The molecule has 158 valence electrons. The van der Waals surface area contributed by atoms with Crippen LogP contribution >= 0.6 is 0 Å². The first-order valence-corrected chi connectivity index (χ1v) is 11.3. The first-order valence-electron chi connectivity index (χ1n) is 9.43. The summed E-state index contributed by atoms with van der Waals surface area (Å²) in [5.74, 6) is 0.863. The maximum Gasteiger partial charge on any atom is 0.244 e. The minimum Gasteiger partial charge on any atom is -0.497 e. The molecule has 0 aliphatic carbocycles. The minimum atomic E-state index is -3.70. The molecule has 0 saturated heterocycles. The molecule has 0 bridgehead atoms. The van der Waals surface area contributed by atoms with Crippen LogP contribution in [-0.4, -0.2) is 40.3 Å². The van der Waals surface area contributed by atoms with Crippen molar-refractivity contribution in [3.8, 4) is 11.5 Å². The van der Waals surface area contributed by atoms with E-state index in [2.05, 4.69) is 5.32 Å². The van der Waals surface area contributed by atoms with Crippen molar-refractivity contribution in [3.05, 3.63) is 54.1 Å². The lowest BCUT2D eigenvalue weighted by atomic mass is 10.1. The van der Waals surface area contributed by atoms with Crippen LogP contribution < -0.4 is 19.1 Å². The smallest absolute Gasteiger partial charge is 0.244 e. The largest absolute Gasteiger partial charge is 0.497 e. The van der Waals surface area contributed by atoms with Gasteiger partial charge in [-0.15, -0.1) is 0 Å². The summed E-state index contributed by atoms with van der Waals surface area (Å²) in [7, 11) is -2.20. The predicted octanol–water partition coefficient (Wildman–Crippen LogP) is 2.95. The summed E-state index contributed by atoms with van der Waals surface area (Å²) >= 11 is 0. The zero-order chi connectivity index (χ0) is 21.4. The summed E-state index contributed by atoms with van der Waals surface area (Å²) in [5, 5.41) is 2.84. The van der Waals surface area contributed by atoms with E-state index in [1.54, 1.807) is 31.2 Å². The second-order valence-electron chi connectivity index (χ2n) is 6.48. The van der Waals surface area contributed by atoms with Gasteiger partial charge in [-0.05, 0) is 43.2 Å². The Kier molecular flexibility index (Phi) is 7.90. The lowest BCUT2D eigenvalue weighted by Gasteiger charge is -2.30. The van der Waals surface area contributed by atoms with Crippen LogP contribution in [0.3, 0.4) is 0 Å². The second-order valence-corrected chi connectivity index (χ2v) is 8.34. The zero-order valence-corrected chi connectivity index (χ0v) is 18.0. The van der Waals surface area contributed by atoms with Crippen molar-refractivity contribution in [1.29, 1.82) is 0 Å². The number of sulfonamides is 1. The third-order valence-corrected chi connectivity index (χ3v) is 5.49. The van der Waals surface area contributed by atoms with Gasteiger partial charge in [0.25, 0.3) is 0 Å². The summed E-state index contributed by atoms with van der Waals surface area (Å²) < 4.78 is 36.8. The number of carbonyl (C=O) groups is 1. The summed E-state index contributed by atoms with van der Waals surface area (Å²) in [4.78, 5) is 12.9. The van der Waals surface area contributed by atoms with Crippen molar-refractivity contribution in [3.63, 3.8) is 0 Å². The molecule has 29 heavy (non-hydrogen) atoms. The van der Waals surface area contributed by atoms with Gasteiger partial charge in [0.05, 0.1) is 25.7 Å². The summed E-state index contributed by atoms with van der Waals surface area (Å²) in [5.41, 5.74) is 1.25. The number of ether oxygens (including phenoxy) is 2. The third kappa shape index (κ3) is 6.12. The Morgan fingerprint density at radius 3 is 2.41 bits per heavy atom. The van der Waals surface area contributed by atoms with Gasteiger partial charge in [-0.2, -0.15) is 0 Å². The lowest BCUT2D eigenvalue weighted by molar-refractivity contribution is -0.122. The van der Waals surface area contributed by atoms with E-state index in [0.29, 0.717) is 24.5 Å². The maximum atomic E-state index is 12.9. The fourth-order valence-electron chi connectivity index (χ4n) is 3.03. The monoisotopic (exact) mass is 420 g/mol. The van der Waals surface area contributed by atoms with E-state index in [-0.39, 0.29) is 12.5 Å².